The van der Waals surface area contributed by atoms with Crippen molar-refractivity contribution in [1.82, 2.24) is 10.2 Å². The Hall–Kier alpha value is -1.06. The zero-order valence-corrected chi connectivity index (χ0v) is 12.6. The maximum atomic E-state index is 5.23. The molecule has 1 aromatic rings. The van der Waals surface area contributed by atoms with Crippen molar-refractivity contribution in [2.24, 2.45) is 0 Å². The summed E-state index contributed by atoms with van der Waals surface area (Å²) in [6, 6.07) is 10.8. The second-order valence-corrected chi connectivity index (χ2v) is 6.17. The lowest BCUT2D eigenvalue weighted by Crippen LogP contribution is -2.47. The topological polar surface area (TPSA) is 24.5 Å². The maximum Gasteiger partial charge on any atom is 0.118 e. The van der Waals surface area contributed by atoms with Gasteiger partial charge in [0.15, 0.2) is 0 Å². The van der Waals surface area contributed by atoms with Gasteiger partial charge < -0.3 is 10.1 Å². The number of hydrogen-bond acceptors (Lipinski definition) is 3. The highest BCUT2D eigenvalue weighted by Gasteiger charge is 2.35. The number of rotatable bonds is 5. The van der Waals surface area contributed by atoms with Crippen molar-refractivity contribution in [3.8, 4) is 5.75 Å². The molecule has 1 aromatic carbocycles. The van der Waals surface area contributed by atoms with Crippen LogP contribution in [0.4, 0.5) is 0 Å². The molecule has 0 saturated carbocycles. The monoisotopic (exact) mass is 274 g/mol. The van der Waals surface area contributed by atoms with E-state index in [2.05, 4.69) is 41.4 Å². The first-order valence-corrected chi connectivity index (χ1v) is 7.91. The van der Waals surface area contributed by atoms with Crippen LogP contribution in [0.3, 0.4) is 0 Å². The van der Waals surface area contributed by atoms with Crippen molar-refractivity contribution in [3.63, 3.8) is 0 Å². The first-order valence-electron chi connectivity index (χ1n) is 7.91. The smallest absolute Gasteiger partial charge is 0.118 e. The maximum absolute atomic E-state index is 5.23. The van der Waals surface area contributed by atoms with Gasteiger partial charge >= 0.3 is 0 Å². The number of ether oxygens (including phenoxy) is 1. The molecule has 2 heterocycles. The van der Waals surface area contributed by atoms with E-state index >= 15 is 0 Å². The third-order valence-corrected chi connectivity index (χ3v) is 4.92. The predicted octanol–water partition coefficient (Wildman–Crippen LogP) is 2.80. The average molecular weight is 274 g/mol. The van der Waals surface area contributed by atoms with Gasteiger partial charge in [-0.3, -0.25) is 4.90 Å². The minimum atomic E-state index is 0.751. The number of benzene rings is 1. The van der Waals surface area contributed by atoms with Crippen molar-refractivity contribution < 1.29 is 4.74 Å². The average Bonchev–Trinajstić information content (AvgIpc) is 2.83. The van der Waals surface area contributed by atoms with E-state index in [0.717, 1.165) is 37.0 Å². The zero-order valence-electron chi connectivity index (χ0n) is 12.6. The molecule has 3 nitrogen and oxygen atoms in total. The molecule has 2 bridgehead atoms. The molecule has 2 aliphatic rings. The zero-order chi connectivity index (χ0) is 13.9. The van der Waals surface area contributed by atoms with Crippen molar-refractivity contribution >= 4 is 0 Å². The Morgan fingerprint density at radius 2 is 1.80 bits per heavy atom. The van der Waals surface area contributed by atoms with Crippen molar-refractivity contribution in [2.75, 3.05) is 13.7 Å². The predicted molar refractivity (Wildman–Crippen MR) is 82.0 cm³/mol. The molecule has 3 heteroatoms. The summed E-state index contributed by atoms with van der Waals surface area (Å²) in [6.07, 6.45) is 5.39. The number of nitrogens with zero attached hydrogens (tertiary/aromatic N) is 1. The highest BCUT2D eigenvalue weighted by molar-refractivity contribution is 5.27. The highest BCUT2D eigenvalue weighted by Crippen LogP contribution is 2.30. The number of piperidine rings is 1. The molecule has 110 valence electrons. The fourth-order valence-corrected chi connectivity index (χ4v) is 3.79. The van der Waals surface area contributed by atoms with Crippen LogP contribution in [0, 0.1) is 0 Å². The quantitative estimate of drug-likeness (QED) is 0.893. The number of methoxy groups -OCH3 is 1. The third-order valence-electron chi connectivity index (χ3n) is 4.92. The van der Waals surface area contributed by atoms with E-state index in [0.29, 0.717) is 0 Å². The minimum absolute atomic E-state index is 0.751. The molecular weight excluding hydrogens is 248 g/mol. The second kappa shape index (κ2) is 6.15. The largest absolute Gasteiger partial charge is 0.497 e. The van der Waals surface area contributed by atoms with Crippen LogP contribution in [0.15, 0.2) is 24.3 Å². The van der Waals surface area contributed by atoms with E-state index in [1.807, 2.05) is 0 Å². The van der Waals surface area contributed by atoms with E-state index in [1.54, 1.807) is 7.11 Å². The van der Waals surface area contributed by atoms with Crippen LogP contribution in [0.1, 0.15) is 38.2 Å². The Bertz CT molecular complexity index is 419. The Labute approximate surface area is 122 Å². The van der Waals surface area contributed by atoms with Crippen LogP contribution < -0.4 is 10.1 Å². The summed E-state index contributed by atoms with van der Waals surface area (Å²) < 4.78 is 5.23. The SMILES string of the molecule is CCN(Cc1ccc(OC)cc1)C1CC2CCC(C1)N2. The van der Waals surface area contributed by atoms with Gasteiger partial charge in [0.1, 0.15) is 5.75 Å². The first kappa shape index (κ1) is 13.9. The van der Waals surface area contributed by atoms with Gasteiger partial charge in [-0.2, -0.15) is 0 Å². The van der Waals surface area contributed by atoms with Crippen LogP contribution in [0.25, 0.3) is 0 Å². The molecule has 20 heavy (non-hydrogen) atoms. The minimum Gasteiger partial charge on any atom is -0.497 e. The fourth-order valence-electron chi connectivity index (χ4n) is 3.79. The lowest BCUT2D eigenvalue weighted by molar-refractivity contribution is 0.140. The van der Waals surface area contributed by atoms with E-state index < -0.39 is 0 Å². The summed E-state index contributed by atoms with van der Waals surface area (Å²) in [7, 11) is 1.72. The summed E-state index contributed by atoms with van der Waals surface area (Å²) in [5, 5.41) is 3.73. The summed E-state index contributed by atoms with van der Waals surface area (Å²) in [4.78, 5) is 2.65. The molecule has 0 aliphatic carbocycles. The van der Waals surface area contributed by atoms with E-state index in [9.17, 15) is 0 Å². The van der Waals surface area contributed by atoms with Gasteiger partial charge in [-0.15, -0.1) is 0 Å². The van der Waals surface area contributed by atoms with Gasteiger partial charge in [0.05, 0.1) is 7.11 Å². The molecule has 0 amide bonds. The third kappa shape index (κ3) is 2.99. The highest BCUT2D eigenvalue weighted by atomic mass is 16.5. The van der Waals surface area contributed by atoms with Gasteiger partial charge in [-0.1, -0.05) is 19.1 Å². The van der Waals surface area contributed by atoms with Gasteiger partial charge in [-0.25, -0.2) is 0 Å². The van der Waals surface area contributed by atoms with Crippen LogP contribution >= 0.6 is 0 Å². The number of hydrogen-bond donors (Lipinski definition) is 1. The Kier molecular flexibility index (Phi) is 4.27. The molecule has 0 aromatic heterocycles. The van der Waals surface area contributed by atoms with Crippen molar-refractivity contribution in [2.45, 2.75) is 57.3 Å². The first-order chi connectivity index (χ1) is 9.78. The van der Waals surface area contributed by atoms with Gasteiger partial charge in [0.25, 0.3) is 0 Å². The Morgan fingerprint density at radius 3 is 2.35 bits per heavy atom. The summed E-state index contributed by atoms with van der Waals surface area (Å²) in [5.41, 5.74) is 1.39. The number of fused-ring (bicyclic) bond motifs is 2. The lowest BCUT2D eigenvalue weighted by atomic mass is 9.97. The van der Waals surface area contributed by atoms with Gasteiger partial charge in [0.2, 0.25) is 0 Å². The molecule has 0 radical (unpaired) electrons. The van der Waals surface area contributed by atoms with E-state index in [4.69, 9.17) is 4.74 Å². The van der Waals surface area contributed by atoms with Crippen LogP contribution in [-0.2, 0) is 6.54 Å². The molecular formula is C17H26N2O. The standard InChI is InChI=1S/C17H26N2O/c1-3-19(12-13-4-8-17(20-2)9-5-13)16-10-14-6-7-15(11-16)18-14/h4-5,8-9,14-16,18H,3,6-7,10-12H2,1-2H3. The molecule has 0 spiro atoms. The van der Waals surface area contributed by atoms with Crippen molar-refractivity contribution in [3.05, 3.63) is 29.8 Å². The van der Waals surface area contributed by atoms with Crippen molar-refractivity contribution in [1.29, 1.82) is 0 Å². The normalized spacial score (nSPS) is 28.9. The summed E-state index contributed by atoms with van der Waals surface area (Å²) in [6.45, 7) is 4.48. The summed E-state index contributed by atoms with van der Waals surface area (Å²) in [5.74, 6) is 0.941. The van der Waals surface area contributed by atoms with E-state index in [1.165, 1.54) is 31.2 Å². The molecule has 2 unspecified atom stereocenters. The molecule has 2 atom stereocenters. The summed E-state index contributed by atoms with van der Waals surface area (Å²) >= 11 is 0. The molecule has 2 aliphatic heterocycles. The van der Waals surface area contributed by atoms with Crippen LogP contribution in [0.5, 0.6) is 5.75 Å². The molecule has 2 saturated heterocycles. The lowest BCUT2D eigenvalue weighted by Gasteiger charge is -2.37. The van der Waals surface area contributed by atoms with Crippen LogP contribution in [-0.4, -0.2) is 36.7 Å². The van der Waals surface area contributed by atoms with E-state index in [-0.39, 0.29) is 0 Å². The van der Waals surface area contributed by atoms with Crippen LogP contribution in [0.2, 0.25) is 0 Å². The Morgan fingerprint density at radius 1 is 1.15 bits per heavy atom. The fraction of sp³-hybridized carbons (Fsp3) is 0.647. The second-order valence-electron chi connectivity index (χ2n) is 6.17. The van der Waals surface area contributed by atoms with Gasteiger partial charge in [0, 0.05) is 24.7 Å². The molecule has 1 N–H and O–H groups in total. The van der Waals surface area contributed by atoms with Gasteiger partial charge in [-0.05, 0) is 49.9 Å². The molecule has 2 fully saturated rings. The Balaban J connectivity index is 1.64. The molecule has 3 rings (SSSR count). The number of nitrogens with one attached hydrogen (secondary N) is 1.